The van der Waals surface area contributed by atoms with Crippen molar-refractivity contribution in [1.82, 2.24) is 10.3 Å². The Morgan fingerprint density at radius 2 is 2.22 bits per heavy atom. The molecular weight excluding hydrogens is 240 g/mol. The van der Waals surface area contributed by atoms with E-state index in [-0.39, 0.29) is 41.1 Å². The van der Waals surface area contributed by atoms with Gasteiger partial charge in [-0.15, -0.1) is 0 Å². The Hall–Kier alpha value is -1.60. The summed E-state index contributed by atoms with van der Waals surface area (Å²) in [6.07, 6.45) is -0.919. The molecule has 0 radical (unpaired) electrons. The van der Waals surface area contributed by atoms with Gasteiger partial charge in [-0.3, -0.25) is 9.59 Å². The maximum absolute atomic E-state index is 12.3. The first kappa shape index (κ1) is 10.3. The fraction of sp³-hybridized carbons (Fsp3) is 0.636. The minimum absolute atomic E-state index is 0.0696. The molecule has 0 aromatic carbocycles. The fourth-order valence-electron chi connectivity index (χ4n) is 3.04. The van der Waals surface area contributed by atoms with Crippen LogP contribution in [0.1, 0.15) is 16.2 Å². The zero-order chi connectivity index (χ0) is 12.4. The molecule has 3 heterocycles. The number of ether oxygens (including phenoxy) is 2. The molecule has 1 saturated carbocycles. The molecule has 18 heavy (non-hydrogen) atoms. The van der Waals surface area contributed by atoms with Crippen molar-refractivity contribution in [3.05, 3.63) is 11.4 Å². The lowest BCUT2D eigenvalue weighted by molar-refractivity contribution is -0.153. The quantitative estimate of drug-likeness (QED) is 0.668. The van der Waals surface area contributed by atoms with Gasteiger partial charge in [-0.2, -0.15) is 0 Å². The van der Waals surface area contributed by atoms with Crippen molar-refractivity contribution in [3.8, 4) is 0 Å². The summed E-state index contributed by atoms with van der Waals surface area (Å²) < 4.78 is 15.1. The van der Waals surface area contributed by atoms with Gasteiger partial charge < -0.3 is 9.47 Å². The van der Waals surface area contributed by atoms with Gasteiger partial charge in [0.15, 0.2) is 17.3 Å². The first-order valence-electron chi connectivity index (χ1n) is 5.82. The Morgan fingerprint density at radius 3 is 2.94 bits per heavy atom. The number of Topliss-reactive ketones (excluding diaryl/α,β-unsaturated/α-hetero) is 2. The smallest absolute Gasteiger partial charge is 0.218 e. The monoisotopic (exact) mass is 250 g/mol. The van der Waals surface area contributed by atoms with Crippen LogP contribution < -0.4 is 0 Å². The number of carbonyl (C=O) groups excluding carboxylic acids is 2. The normalized spacial score (nSPS) is 40.7. The molecule has 0 unspecified atom stereocenters. The Morgan fingerprint density at radius 1 is 1.39 bits per heavy atom. The number of hydrogen-bond donors (Lipinski definition) is 0. The molecule has 3 fully saturated rings. The number of hydrogen-bond acceptors (Lipinski definition) is 7. The van der Waals surface area contributed by atoms with Crippen molar-refractivity contribution >= 4 is 11.6 Å². The van der Waals surface area contributed by atoms with Crippen molar-refractivity contribution in [2.75, 3.05) is 6.61 Å². The minimum atomic E-state index is -0.773. The maximum atomic E-state index is 12.3. The number of ketones is 2. The van der Waals surface area contributed by atoms with Gasteiger partial charge in [0.1, 0.15) is 5.69 Å². The minimum Gasteiger partial charge on any atom is -0.343 e. The topological polar surface area (TPSA) is 91.5 Å². The van der Waals surface area contributed by atoms with Gasteiger partial charge in [-0.05, 0) is 12.1 Å². The average molecular weight is 250 g/mol. The third kappa shape index (κ3) is 1.15. The molecule has 1 aliphatic carbocycles. The van der Waals surface area contributed by atoms with Crippen LogP contribution in [-0.4, -0.2) is 40.9 Å². The SMILES string of the molecule is Cc1nonc1C(=O)[C@@H]1[C@H]2C(=O)[C@@H]3OC[C@H](O3)[C@@H]12. The van der Waals surface area contributed by atoms with E-state index in [0.29, 0.717) is 12.3 Å². The van der Waals surface area contributed by atoms with E-state index in [9.17, 15) is 9.59 Å². The molecular formula is C11H10N2O5. The number of fused-ring (bicyclic) bond motifs is 4. The van der Waals surface area contributed by atoms with Crippen LogP contribution in [0.4, 0.5) is 0 Å². The molecule has 4 rings (SSSR count). The van der Waals surface area contributed by atoms with E-state index in [0.717, 1.165) is 0 Å². The molecule has 0 amide bonds. The lowest BCUT2D eigenvalue weighted by Crippen LogP contribution is -2.30. The summed E-state index contributed by atoms with van der Waals surface area (Å²) in [5.74, 6) is -0.990. The summed E-state index contributed by atoms with van der Waals surface area (Å²) >= 11 is 0. The molecule has 2 bridgehead atoms. The number of nitrogens with zero attached hydrogens (tertiary/aromatic N) is 2. The van der Waals surface area contributed by atoms with E-state index >= 15 is 0 Å². The van der Waals surface area contributed by atoms with E-state index < -0.39 is 6.29 Å². The van der Waals surface area contributed by atoms with Crippen LogP contribution in [0.2, 0.25) is 0 Å². The summed E-state index contributed by atoms with van der Waals surface area (Å²) in [4.78, 5) is 24.2. The molecule has 5 atom stereocenters. The third-order valence-electron chi connectivity index (χ3n) is 3.96. The zero-order valence-corrected chi connectivity index (χ0v) is 9.53. The van der Waals surface area contributed by atoms with Gasteiger partial charge in [-0.25, -0.2) is 4.63 Å². The van der Waals surface area contributed by atoms with Crippen molar-refractivity contribution in [3.63, 3.8) is 0 Å². The van der Waals surface area contributed by atoms with Crippen LogP contribution in [0, 0.1) is 24.7 Å². The van der Waals surface area contributed by atoms with Crippen LogP contribution in [0.25, 0.3) is 0 Å². The number of aromatic nitrogens is 2. The molecule has 1 aromatic heterocycles. The zero-order valence-electron chi connectivity index (χ0n) is 9.53. The third-order valence-corrected chi connectivity index (χ3v) is 3.96. The Bertz CT molecular complexity index is 553. The summed E-state index contributed by atoms with van der Waals surface area (Å²) in [7, 11) is 0. The Balaban J connectivity index is 1.64. The first-order valence-corrected chi connectivity index (χ1v) is 5.82. The standard InChI is InChI=1S/C11H10N2O5/c1-3-8(13-18-12-3)9(14)6-5-4-2-16-11(17-4)10(15)7(5)6/h4-7,11H,2H2,1H3/t4-,5-,6-,7-,11+/m0/s1. The molecule has 0 N–H and O–H groups in total. The van der Waals surface area contributed by atoms with Gasteiger partial charge in [0, 0.05) is 17.8 Å². The van der Waals surface area contributed by atoms with Crippen molar-refractivity contribution < 1.29 is 23.7 Å². The van der Waals surface area contributed by atoms with Gasteiger partial charge in [0.05, 0.1) is 12.7 Å². The van der Waals surface area contributed by atoms with Gasteiger partial charge in [0.25, 0.3) is 0 Å². The van der Waals surface area contributed by atoms with Crippen LogP contribution >= 0.6 is 0 Å². The second kappa shape index (κ2) is 3.24. The van der Waals surface area contributed by atoms with E-state index in [1.54, 1.807) is 6.92 Å². The van der Waals surface area contributed by atoms with Gasteiger partial charge in [0.2, 0.25) is 6.29 Å². The van der Waals surface area contributed by atoms with Gasteiger partial charge in [-0.1, -0.05) is 5.16 Å². The van der Waals surface area contributed by atoms with E-state index in [1.165, 1.54) is 0 Å². The van der Waals surface area contributed by atoms with Crippen molar-refractivity contribution in [2.24, 2.45) is 17.8 Å². The maximum Gasteiger partial charge on any atom is 0.218 e. The molecule has 94 valence electrons. The lowest BCUT2D eigenvalue weighted by Gasteiger charge is -2.14. The molecule has 2 saturated heterocycles. The van der Waals surface area contributed by atoms with Gasteiger partial charge >= 0.3 is 0 Å². The summed E-state index contributed by atoms with van der Waals surface area (Å²) in [6, 6.07) is 0. The highest BCUT2D eigenvalue weighted by atomic mass is 16.7. The molecule has 0 spiro atoms. The van der Waals surface area contributed by atoms with Crippen molar-refractivity contribution in [2.45, 2.75) is 19.3 Å². The first-order chi connectivity index (χ1) is 8.68. The van der Waals surface area contributed by atoms with Crippen LogP contribution in [0.3, 0.4) is 0 Å². The molecule has 7 heteroatoms. The number of rotatable bonds is 2. The van der Waals surface area contributed by atoms with Crippen LogP contribution in [-0.2, 0) is 14.3 Å². The second-order valence-electron chi connectivity index (χ2n) is 4.93. The highest BCUT2D eigenvalue weighted by Gasteiger charge is 2.69. The Kier molecular flexibility index (Phi) is 1.86. The van der Waals surface area contributed by atoms with E-state index in [2.05, 4.69) is 14.9 Å². The lowest BCUT2D eigenvalue weighted by atomic mass is 10.1. The largest absolute Gasteiger partial charge is 0.343 e. The van der Waals surface area contributed by atoms with Crippen molar-refractivity contribution in [1.29, 1.82) is 0 Å². The molecule has 1 aromatic rings. The molecule has 3 aliphatic rings. The number of aryl methyl sites for hydroxylation is 1. The highest BCUT2D eigenvalue weighted by Crippen LogP contribution is 2.57. The molecule has 2 aliphatic heterocycles. The number of carbonyl (C=O) groups is 2. The van der Waals surface area contributed by atoms with E-state index in [1.807, 2.05) is 0 Å². The van der Waals surface area contributed by atoms with Crippen LogP contribution in [0.5, 0.6) is 0 Å². The summed E-state index contributed by atoms with van der Waals surface area (Å²) in [6.45, 7) is 2.04. The summed E-state index contributed by atoms with van der Waals surface area (Å²) in [5, 5.41) is 7.19. The Labute approximate surface area is 101 Å². The molecule has 7 nitrogen and oxygen atoms in total. The van der Waals surface area contributed by atoms with Crippen LogP contribution in [0.15, 0.2) is 4.63 Å². The fourth-order valence-corrected chi connectivity index (χ4v) is 3.04. The average Bonchev–Trinajstić information content (AvgIpc) is 2.74. The second-order valence-corrected chi connectivity index (χ2v) is 4.93. The highest BCUT2D eigenvalue weighted by molar-refractivity contribution is 6.05. The predicted molar refractivity (Wildman–Crippen MR) is 53.5 cm³/mol. The summed E-state index contributed by atoms with van der Waals surface area (Å²) in [5.41, 5.74) is 0.678. The van der Waals surface area contributed by atoms with E-state index in [4.69, 9.17) is 9.47 Å². The predicted octanol–water partition coefficient (Wildman–Crippen LogP) is -0.253.